The molecule has 0 aliphatic carbocycles. The Kier molecular flexibility index (Phi) is 7.09. The van der Waals surface area contributed by atoms with E-state index in [2.05, 4.69) is 10.6 Å². The van der Waals surface area contributed by atoms with Crippen molar-refractivity contribution in [1.82, 2.24) is 0 Å². The van der Waals surface area contributed by atoms with Crippen molar-refractivity contribution in [2.24, 2.45) is 11.5 Å². The van der Waals surface area contributed by atoms with E-state index in [1.807, 2.05) is 0 Å². The maximum Gasteiger partial charge on any atom is 0.316 e. The van der Waals surface area contributed by atoms with Crippen LogP contribution in [0.15, 0.2) is 60.7 Å². The molecule has 0 aliphatic heterocycles. The Morgan fingerprint density at radius 2 is 1.47 bits per heavy atom. The largest absolute Gasteiger partial charge is 0.396 e. The molecule has 0 unspecified atom stereocenters. The van der Waals surface area contributed by atoms with Crippen LogP contribution in [0.1, 0.15) is 16.8 Å². The molecule has 9 heteroatoms. The quantitative estimate of drug-likeness (QED) is 0.372. The van der Waals surface area contributed by atoms with Crippen LogP contribution in [-0.2, 0) is 4.79 Å². The van der Waals surface area contributed by atoms with Crippen molar-refractivity contribution in [1.29, 1.82) is 0 Å². The number of aliphatic hydroxyl groups is 1. The summed E-state index contributed by atoms with van der Waals surface area (Å²) in [5.41, 5.74) is 14.3. The van der Waals surface area contributed by atoms with Gasteiger partial charge in [0.25, 0.3) is 5.91 Å². The summed E-state index contributed by atoms with van der Waals surface area (Å²) in [5.74, 6) is -1.20. The number of halogens is 1. The first-order valence-electron chi connectivity index (χ1n) is 9.60. The summed E-state index contributed by atoms with van der Waals surface area (Å²) in [6, 6.07) is 16.4. The third kappa shape index (κ3) is 5.42. The lowest BCUT2D eigenvalue weighted by molar-refractivity contribution is -0.116. The highest BCUT2D eigenvalue weighted by Crippen LogP contribution is 2.37. The average Bonchev–Trinajstić information content (AvgIpc) is 2.74. The predicted molar refractivity (Wildman–Crippen MR) is 124 cm³/mol. The molecule has 3 aromatic carbocycles. The fourth-order valence-corrected chi connectivity index (χ4v) is 3.31. The molecule has 32 heavy (non-hydrogen) atoms. The highest BCUT2D eigenvalue weighted by molar-refractivity contribution is 6.30. The molecule has 0 saturated carbocycles. The number of hydrogen-bond donors (Lipinski definition) is 5. The zero-order valence-electron chi connectivity index (χ0n) is 16.9. The first-order valence-corrected chi connectivity index (χ1v) is 9.97. The van der Waals surface area contributed by atoms with E-state index in [0.717, 1.165) is 5.56 Å². The lowest BCUT2D eigenvalue weighted by atomic mass is 9.93. The average molecular weight is 453 g/mol. The van der Waals surface area contributed by atoms with Crippen molar-refractivity contribution in [3.05, 3.63) is 71.2 Å². The van der Waals surface area contributed by atoms with Gasteiger partial charge >= 0.3 is 6.03 Å². The summed E-state index contributed by atoms with van der Waals surface area (Å²) < 4.78 is 0. The summed E-state index contributed by atoms with van der Waals surface area (Å²) in [4.78, 5) is 35.6. The minimum atomic E-state index is -0.728. The number of anilines is 2. The number of hydrogen-bond acceptors (Lipinski definition) is 4. The summed E-state index contributed by atoms with van der Waals surface area (Å²) in [6.45, 7) is -0.344. The van der Waals surface area contributed by atoms with Crippen LogP contribution in [0.25, 0.3) is 22.3 Å². The Labute approximate surface area is 189 Å². The predicted octanol–water partition coefficient (Wildman–Crippen LogP) is 3.58. The normalized spacial score (nSPS) is 10.4. The number of urea groups is 1. The van der Waals surface area contributed by atoms with Crippen molar-refractivity contribution in [2.75, 3.05) is 17.2 Å². The smallest absolute Gasteiger partial charge is 0.316 e. The van der Waals surface area contributed by atoms with E-state index in [1.54, 1.807) is 60.7 Å². The van der Waals surface area contributed by atoms with Crippen molar-refractivity contribution >= 4 is 40.8 Å². The third-order valence-corrected chi connectivity index (χ3v) is 4.90. The minimum absolute atomic E-state index is 0.109. The van der Waals surface area contributed by atoms with Crippen molar-refractivity contribution in [3.63, 3.8) is 0 Å². The molecule has 4 amide bonds. The molecular formula is C23H21ClN4O4. The van der Waals surface area contributed by atoms with Crippen LogP contribution in [0, 0.1) is 0 Å². The number of benzene rings is 3. The standard InChI is InChI=1S/C23H21ClN4O4/c24-16-5-1-13(2-6-16)15-11-18(14-3-7-17(8-4-14)27-23(26)32)21(19(12-15)22(25)31)28-20(30)9-10-29/h1-8,11-12,29H,9-10H2,(H2,25,31)(H,28,30)(H3,26,27,32). The fourth-order valence-electron chi connectivity index (χ4n) is 3.19. The highest BCUT2D eigenvalue weighted by Gasteiger charge is 2.19. The third-order valence-electron chi connectivity index (χ3n) is 4.65. The number of carbonyl (C=O) groups excluding carboxylic acids is 3. The van der Waals surface area contributed by atoms with Crippen LogP contribution in [0.2, 0.25) is 5.02 Å². The molecule has 164 valence electrons. The van der Waals surface area contributed by atoms with Gasteiger partial charge in [-0.15, -0.1) is 0 Å². The molecule has 0 radical (unpaired) electrons. The Hall–Kier alpha value is -3.88. The van der Waals surface area contributed by atoms with Gasteiger partial charge in [-0.1, -0.05) is 35.9 Å². The summed E-state index contributed by atoms with van der Waals surface area (Å²) in [7, 11) is 0. The topological polar surface area (TPSA) is 148 Å². The molecule has 0 saturated heterocycles. The maximum atomic E-state index is 12.3. The van der Waals surface area contributed by atoms with E-state index >= 15 is 0 Å². The number of primary amides is 2. The van der Waals surface area contributed by atoms with Crippen LogP contribution in [-0.4, -0.2) is 29.6 Å². The van der Waals surface area contributed by atoms with Gasteiger partial charge in [-0.3, -0.25) is 9.59 Å². The van der Waals surface area contributed by atoms with E-state index in [9.17, 15) is 14.4 Å². The second kappa shape index (κ2) is 9.95. The van der Waals surface area contributed by atoms with Gasteiger partial charge in [-0.2, -0.15) is 0 Å². The zero-order chi connectivity index (χ0) is 23.3. The lowest BCUT2D eigenvalue weighted by Gasteiger charge is -2.17. The number of nitrogens with two attached hydrogens (primary N) is 2. The summed E-state index contributed by atoms with van der Waals surface area (Å²) in [6.07, 6.45) is -0.141. The van der Waals surface area contributed by atoms with Gasteiger partial charge in [0.15, 0.2) is 0 Å². The summed E-state index contributed by atoms with van der Waals surface area (Å²) in [5, 5.41) is 14.8. The molecule has 0 atom stereocenters. The van der Waals surface area contributed by atoms with Gasteiger partial charge in [0, 0.05) is 16.3 Å². The van der Waals surface area contributed by atoms with Crippen LogP contribution >= 0.6 is 11.6 Å². The van der Waals surface area contributed by atoms with Crippen LogP contribution < -0.4 is 22.1 Å². The molecule has 0 fully saturated rings. The number of aliphatic hydroxyl groups excluding tert-OH is 1. The van der Waals surface area contributed by atoms with E-state index < -0.39 is 17.8 Å². The molecule has 0 spiro atoms. The number of carbonyl (C=O) groups is 3. The molecule has 3 aromatic rings. The van der Waals surface area contributed by atoms with Crippen LogP contribution in [0.5, 0.6) is 0 Å². The van der Waals surface area contributed by atoms with Gasteiger partial charge < -0.3 is 27.2 Å². The van der Waals surface area contributed by atoms with Crippen LogP contribution in [0.3, 0.4) is 0 Å². The molecule has 0 aromatic heterocycles. The SMILES string of the molecule is NC(=O)Nc1ccc(-c2cc(-c3ccc(Cl)cc3)cc(C(N)=O)c2NC(=O)CCO)cc1. The van der Waals surface area contributed by atoms with E-state index in [4.69, 9.17) is 28.2 Å². The van der Waals surface area contributed by atoms with E-state index in [1.165, 1.54) is 0 Å². The Morgan fingerprint density at radius 3 is 2.03 bits per heavy atom. The lowest BCUT2D eigenvalue weighted by Crippen LogP contribution is -2.20. The zero-order valence-corrected chi connectivity index (χ0v) is 17.6. The molecule has 0 aliphatic rings. The van der Waals surface area contributed by atoms with E-state index in [-0.39, 0.29) is 24.3 Å². The van der Waals surface area contributed by atoms with Gasteiger partial charge in [-0.05, 0) is 53.1 Å². The number of amides is 4. The maximum absolute atomic E-state index is 12.3. The molecule has 0 bridgehead atoms. The Morgan fingerprint density at radius 1 is 0.844 bits per heavy atom. The van der Waals surface area contributed by atoms with Crippen molar-refractivity contribution in [2.45, 2.75) is 6.42 Å². The van der Waals surface area contributed by atoms with Gasteiger partial charge in [0.05, 0.1) is 24.3 Å². The van der Waals surface area contributed by atoms with Crippen molar-refractivity contribution in [3.8, 4) is 22.3 Å². The van der Waals surface area contributed by atoms with Gasteiger partial charge in [-0.25, -0.2) is 4.79 Å². The molecule has 0 heterocycles. The number of nitrogens with one attached hydrogen (secondary N) is 2. The summed E-state index contributed by atoms with van der Waals surface area (Å²) >= 11 is 5.99. The second-order valence-electron chi connectivity index (χ2n) is 6.91. The molecule has 3 rings (SSSR count). The highest BCUT2D eigenvalue weighted by atomic mass is 35.5. The first-order chi connectivity index (χ1) is 15.3. The van der Waals surface area contributed by atoms with Gasteiger partial charge in [0.1, 0.15) is 0 Å². The molecule has 8 nitrogen and oxygen atoms in total. The molecule has 7 N–H and O–H groups in total. The van der Waals surface area contributed by atoms with Crippen LogP contribution in [0.4, 0.5) is 16.2 Å². The van der Waals surface area contributed by atoms with E-state index in [0.29, 0.717) is 27.4 Å². The Bertz CT molecular complexity index is 1160. The minimum Gasteiger partial charge on any atom is -0.396 e. The monoisotopic (exact) mass is 452 g/mol. The number of rotatable bonds is 7. The second-order valence-corrected chi connectivity index (χ2v) is 7.34. The van der Waals surface area contributed by atoms with Gasteiger partial charge in [0.2, 0.25) is 5.91 Å². The fraction of sp³-hybridized carbons (Fsp3) is 0.0870. The van der Waals surface area contributed by atoms with Crippen molar-refractivity contribution < 1.29 is 19.5 Å². The molecular weight excluding hydrogens is 432 g/mol. The first kappa shape index (κ1) is 22.8. The Balaban J connectivity index is 2.19.